The smallest absolute Gasteiger partial charge is 0.333 e. The maximum Gasteiger partial charge on any atom is 0.333 e. The molecule has 2 aromatic rings. The Balaban J connectivity index is 1.64. The van der Waals surface area contributed by atoms with Crippen LogP contribution >= 0.6 is 0 Å². The average Bonchev–Trinajstić information content (AvgIpc) is 3.51. The van der Waals surface area contributed by atoms with Gasteiger partial charge in [0.05, 0.1) is 0 Å². The summed E-state index contributed by atoms with van der Waals surface area (Å²) in [5, 5.41) is 0. The quantitative estimate of drug-likeness (QED) is 0.195. The molecule has 0 radical (unpaired) electrons. The highest BCUT2D eigenvalue weighted by Crippen LogP contribution is 2.15. The third kappa shape index (κ3) is 10.0. The van der Waals surface area contributed by atoms with E-state index in [9.17, 15) is 19.2 Å². The summed E-state index contributed by atoms with van der Waals surface area (Å²) in [5.41, 5.74) is 0.380. The van der Waals surface area contributed by atoms with Gasteiger partial charge in [-0.3, -0.25) is 9.59 Å². The van der Waals surface area contributed by atoms with Crippen molar-refractivity contribution in [2.75, 3.05) is 0 Å². The number of ether oxygens (including phenoxy) is 4. The molecule has 36 heavy (non-hydrogen) atoms. The summed E-state index contributed by atoms with van der Waals surface area (Å²) in [5.74, 6) is -0.481. The Morgan fingerprint density at radius 3 is 1.53 bits per heavy atom. The average molecular weight is 503 g/mol. The first-order valence-corrected chi connectivity index (χ1v) is 11.3. The number of hydrogen-bond acceptors (Lipinski definition) is 10. The molecule has 0 spiro atoms. The number of rotatable bonds is 15. The second-order valence-corrected chi connectivity index (χ2v) is 7.84. The minimum atomic E-state index is -0.671. The van der Waals surface area contributed by atoms with E-state index in [1.807, 2.05) is 6.92 Å². The van der Waals surface area contributed by atoms with Gasteiger partial charge in [0.15, 0.2) is 0 Å². The molecule has 0 aliphatic carbocycles. The molecule has 10 nitrogen and oxygen atoms in total. The summed E-state index contributed by atoms with van der Waals surface area (Å²) in [6.45, 7) is 10.2. The van der Waals surface area contributed by atoms with Crippen LogP contribution in [0.3, 0.4) is 0 Å². The fraction of sp³-hybridized carbons (Fsp3) is 0.385. The molecule has 0 aromatic carbocycles. The van der Waals surface area contributed by atoms with E-state index in [2.05, 4.69) is 13.2 Å². The zero-order valence-corrected chi connectivity index (χ0v) is 20.5. The molecule has 0 bridgehead atoms. The van der Waals surface area contributed by atoms with E-state index in [4.69, 9.17) is 27.8 Å². The molecular formula is C26H30O10. The molecule has 0 N–H and O–H groups in total. The van der Waals surface area contributed by atoms with Crippen molar-refractivity contribution in [3.8, 4) is 0 Å². The normalized spacial score (nSPS) is 10.4. The van der Waals surface area contributed by atoms with Gasteiger partial charge < -0.3 is 27.8 Å². The van der Waals surface area contributed by atoms with E-state index in [-0.39, 0.29) is 56.4 Å². The lowest BCUT2D eigenvalue weighted by Gasteiger charge is -2.06. The molecule has 2 rings (SSSR count). The first-order chi connectivity index (χ1) is 17.2. The van der Waals surface area contributed by atoms with Crippen molar-refractivity contribution in [3.05, 3.63) is 71.6 Å². The van der Waals surface area contributed by atoms with Crippen LogP contribution < -0.4 is 0 Å². The Hall–Kier alpha value is -4.08. The van der Waals surface area contributed by atoms with E-state index in [0.717, 1.165) is 0 Å². The third-order valence-electron chi connectivity index (χ3n) is 4.60. The van der Waals surface area contributed by atoms with Crippen LogP contribution in [0, 0.1) is 0 Å². The number of hydrogen-bond donors (Lipinski definition) is 0. The lowest BCUT2D eigenvalue weighted by molar-refractivity contribution is -0.146. The lowest BCUT2D eigenvalue weighted by atomic mass is 10.2. The van der Waals surface area contributed by atoms with Gasteiger partial charge in [-0.05, 0) is 44.0 Å². The van der Waals surface area contributed by atoms with Gasteiger partial charge in [-0.2, -0.15) is 0 Å². The minimum absolute atomic E-state index is 0.00335. The van der Waals surface area contributed by atoms with Gasteiger partial charge >= 0.3 is 23.9 Å². The van der Waals surface area contributed by atoms with Crippen molar-refractivity contribution in [1.82, 2.24) is 0 Å². The summed E-state index contributed by atoms with van der Waals surface area (Å²) < 4.78 is 31.2. The maximum absolute atomic E-state index is 12.1. The Morgan fingerprint density at radius 1 is 0.667 bits per heavy atom. The fourth-order valence-electron chi connectivity index (χ4n) is 2.66. The topological polar surface area (TPSA) is 131 Å². The molecule has 0 saturated heterocycles. The van der Waals surface area contributed by atoms with E-state index >= 15 is 0 Å². The van der Waals surface area contributed by atoms with Gasteiger partial charge in [0.1, 0.15) is 49.5 Å². The largest absolute Gasteiger partial charge is 0.459 e. The van der Waals surface area contributed by atoms with Gasteiger partial charge in [0.25, 0.3) is 0 Å². The molecule has 10 heteroatoms. The summed E-state index contributed by atoms with van der Waals surface area (Å²) in [6.07, 6.45) is 1.00. The summed E-state index contributed by atoms with van der Waals surface area (Å²) in [7, 11) is 0. The first kappa shape index (κ1) is 28.2. The molecular weight excluding hydrogens is 472 g/mol. The monoisotopic (exact) mass is 502 g/mol. The minimum Gasteiger partial charge on any atom is -0.459 e. The predicted octanol–water partition coefficient (Wildman–Crippen LogP) is 4.46. The SMILES string of the molecule is C=C(C)C(=O)OCc1ccc(COC(=O)CCC(=C)C(=O)OCc2ccc(COC(=O)CCC)o2)o1. The van der Waals surface area contributed by atoms with E-state index < -0.39 is 17.9 Å². The predicted molar refractivity (Wildman–Crippen MR) is 125 cm³/mol. The van der Waals surface area contributed by atoms with Crippen molar-refractivity contribution in [3.63, 3.8) is 0 Å². The molecule has 0 fully saturated rings. The summed E-state index contributed by atoms with van der Waals surface area (Å²) in [4.78, 5) is 46.9. The van der Waals surface area contributed by atoms with Crippen LogP contribution in [0.2, 0.25) is 0 Å². The van der Waals surface area contributed by atoms with Crippen LogP contribution in [0.15, 0.2) is 57.4 Å². The Morgan fingerprint density at radius 2 is 1.08 bits per heavy atom. The second-order valence-electron chi connectivity index (χ2n) is 7.84. The van der Waals surface area contributed by atoms with Gasteiger partial charge in [0.2, 0.25) is 0 Å². The van der Waals surface area contributed by atoms with Crippen molar-refractivity contribution in [2.24, 2.45) is 0 Å². The van der Waals surface area contributed by atoms with Crippen LogP contribution in [0.4, 0.5) is 0 Å². The van der Waals surface area contributed by atoms with Crippen LogP contribution in [0.25, 0.3) is 0 Å². The second kappa shape index (κ2) is 14.3. The summed E-state index contributed by atoms with van der Waals surface area (Å²) in [6, 6.07) is 6.45. The number of furan rings is 2. The number of carbonyl (C=O) groups excluding carboxylic acids is 4. The van der Waals surface area contributed by atoms with Crippen molar-refractivity contribution in [1.29, 1.82) is 0 Å². The lowest BCUT2D eigenvalue weighted by Crippen LogP contribution is -2.10. The zero-order valence-electron chi connectivity index (χ0n) is 20.5. The Bertz CT molecular complexity index is 1090. The Kier molecular flexibility index (Phi) is 11.2. The molecule has 0 aliphatic rings. The molecule has 194 valence electrons. The van der Waals surface area contributed by atoms with Crippen LogP contribution in [-0.4, -0.2) is 23.9 Å². The highest BCUT2D eigenvalue weighted by Gasteiger charge is 2.14. The van der Waals surface area contributed by atoms with Crippen molar-refractivity contribution >= 4 is 23.9 Å². The van der Waals surface area contributed by atoms with Gasteiger partial charge in [0, 0.05) is 24.0 Å². The number of esters is 4. The highest BCUT2D eigenvalue weighted by atomic mass is 16.6. The fourth-order valence-corrected chi connectivity index (χ4v) is 2.66. The first-order valence-electron chi connectivity index (χ1n) is 11.3. The van der Waals surface area contributed by atoms with Crippen LogP contribution in [0.1, 0.15) is 62.6 Å². The molecule has 0 amide bonds. The molecule has 0 saturated carbocycles. The van der Waals surface area contributed by atoms with E-state index in [1.54, 1.807) is 24.3 Å². The molecule has 0 unspecified atom stereocenters. The molecule has 2 aromatic heterocycles. The standard InChI is InChI=1S/C26H30O10/c1-5-6-23(27)31-13-19-9-11-22(36-19)16-34-26(30)18(4)7-12-24(28)32-14-20-8-10-21(35-20)15-33-25(29)17(2)3/h8-11H,2,4-7,12-16H2,1,3H3. The summed E-state index contributed by atoms with van der Waals surface area (Å²) >= 11 is 0. The van der Waals surface area contributed by atoms with Gasteiger partial charge in [-0.15, -0.1) is 0 Å². The van der Waals surface area contributed by atoms with Crippen molar-refractivity contribution < 1.29 is 47.0 Å². The van der Waals surface area contributed by atoms with Gasteiger partial charge in [-0.1, -0.05) is 20.1 Å². The van der Waals surface area contributed by atoms with Crippen LogP contribution in [-0.2, 0) is 64.6 Å². The molecule has 0 aliphatic heterocycles. The Labute approximate surface area is 208 Å². The van der Waals surface area contributed by atoms with Gasteiger partial charge in [-0.25, -0.2) is 9.59 Å². The van der Waals surface area contributed by atoms with E-state index in [1.165, 1.54) is 6.92 Å². The highest BCUT2D eigenvalue weighted by molar-refractivity contribution is 5.88. The molecule has 0 atom stereocenters. The van der Waals surface area contributed by atoms with E-state index in [0.29, 0.717) is 35.9 Å². The van der Waals surface area contributed by atoms with Crippen LogP contribution in [0.5, 0.6) is 0 Å². The zero-order chi connectivity index (χ0) is 26.5. The number of carbonyl (C=O) groups is 4. The van der Waals surface area contributed by atoms with Crippen molar-refractivity contribution in [2.45, 2.75) is 66.0 Å². The third-order valence-corrected chi connectivity index (χ3v) is 4.60. The maximum atomic E-state index is 12.1. The molecule has 2 heterocycles.